The Balaban J connectivity index is 1.59. The third-order valence-electron chi connectivity index (χ3n) is 4.19. The van der Waals surface area contributed by atoms with Crippen LogP contribution in [0.25, 0.3) is 0 Å². The molecule has 3 unspecified atom stereocenters. The largest absolute Gasteiger partial charge is 0.490 e. The zero-order valence-corrected chi connectivity index (χ0v) is 10.9. The lowest BCUT2D eigenvalue weighted by molar-refractivity contribution is 0.0767. The second-order valence-corrected chi connectivity index (χ2v) is 5.43. The van der Waals surface area contributed by atoms with Gasteiger partial charge in [0.15, 0.2) is 0 Å². The van der Waals surface area contributed by atoms with E-state index in [1.165, 1.54) is 24.9 Å². The van der Waals surface area contributed by atoms with Crippen LogP contribution in [0, 0.1) is 5.92 Å². The molecule has 3 rings (SSSR count). The minimum atomic E-state index is 0.579. The van der Waals surface area contributed by atoms with Crippen LogP contribution in [-0.2, 0) is 0 Å². The highest BCUT2D eigenvalue weighted by Crippen LogP contribution is 2.48. The van der Waals surface area contributed by atoms with Gasteiger partial charge in [-0.3, -0.25) is 9.88 Å². The van der Waals surface area contributed by atoms with Gasteiger partial charge >= 0.3 is 0 Å². The normalized spacial score (nSPS) is 30.6. The van der Waals surface area contributed by atoms with Crippen LogP contribution in [0.4, 0.5) is 0 Å². The molecule has 2 aliphatic rings. The highest BCUT2D eigenvalue weighted by molar-refractivity contribution is 5.31. The van der Waals surface area contributed by atoms with Crippen molar-refractivity contribution in [3.05, 3.63) is 36.7 Å². The Morgan fingerprint density at radius 3 is 3.06 bits per heavy atom. The van der Waals surface area contributed by atoms with Crippen LogP contribution in [0.2, 0.25) is 0 Å². The molecule has 1 aromatic rings. The molecule has 1 saturated heterocycles. The van der Waals surface area contributed by atoms with E-state index in [1.807, 2.05) is 18.5 Å². The van der Waals surface area contributed by atoms with Crippen molar-refractivity contribution in [3.63, 3.8) is 0 Å². The molecule has 1 aromatic heterocycles. The van der Waals surface area contributed by atoms with Crippen LogP contribution in [0.1, 0.15) is 24.3 Å². The van der Waals surface area contributed by atoms with Crippen LogP contribution in [-0.4, -0.2) is 36.1 Å². The van der Waals surface area contributed by atoms with Crippen LogP contribution in [0.5, 0.6) is 5.75 Å². The highest BCUT2D eigenvalue weighted by atomic mass is 16.5. The Morgan fingerprint density at radius 2 is 2.44 bits per heavy atom. The molecule has 3 heteroatoms. The van der Waals surface area contributed by atoms with Crippen molar-refractivity contribution in [2.24, 2.45) is 5.92 Å². The van der Waals surface area contributed by atoms with Gasteiger partial charge in [0.1, 0.15) is 12.4 Å². The average Bonchev–Trinajstić information content (AvgIpc) is 3.17. The summed E-state index contributed by atoms with van der Waals surface area (Å²) < 4.78 is 5.84. The summed E-state index contributed by atoms with van der Waals surface area (Å²) in [6, 6.07) is 2.72. The minimum absolute atomic E-state index is 0.579. The third-order valence-corrected chi connectivity index (χ3v) is 4.19. The van der Waals surface area contributed by atoms with Crippen molar-refractivity contribution in [3.8, 4) is 5.75 Å². The first-order chi connectivity index (χ1) is 8.78. The quantitative estimate of drug-likeness (QED) is 0.744. The number of allylic oxidation sites excluding steroid dienone is 1. The van der Waals surface area contributed by atoms with Crippen molar-refractivity contribution in [2.75, 3.05) is 20.2 Å². The lowest BCUT2D eigenvalue weighted by Gasteiger charge is -2.37. The Bertz CT molecular complexity index is 446. The Labute approximate surface area is 108 Å². The summed E-state index contributed by atoms with van der Waals surface area (Å²) >= 11 is 0. The Kier molecular flexibility index (Phi) is 3.08. The SMILES string of the molecule is C=CC1CC1c1cncc(OCC2CCN2C)c1. The van der Waals surface area contributed by atoms with Crippen LogP contribution >= 0.6 is 0 Å². The van der Waals surface area contributed by atoms with E-state index in [0.29, 0.717) is 17.9 Å². The first-order valence-corrected chi connectivity index (χ1v) is 6.68. The van der Waals surface area contributed by atoms with Gasteiger partial charge in [-0.2, -0.15) is 0 Å². The number of aromatic nitrogens is 1. The summed E-state index contributed by atoms with van der Waals surface area (Å²) in [5.41, 5.74) is 1.29. The van der Waals surface area contributed by atoms with Crippen molar-refractivity contribution in [1.82, 2.24) is 9.88 Å². The van der Waals surface area contributed by atoms with E-state index in [2.05, 4.69) is 29.6 Å². The second kappa shape index (κ2) is 4.73. The number of likely N-dealkylation sites (tertiary alicyclic amines) is 1. The molecular weight excluding hydrogens is 224 g/mol. The highest BCUT2D eigenvalue weighted by Gasteiger charge is 2.36. The molecule has 0 aromatic carbocycles. The van der Waals surface area contributed by atoms with E-state index >= 15 is 0 Å². The van der Waals surface area contributed by atoms with Crippen LogP contribution in [0.15, 0.2) is 31.1 Å². The van der Waals surface area contributed by atoms with E-state index < -0.39 is 0 Å². The first kappa shape index (κ1) is 11.7. The van der Waals surface area contributed by atoms with E-state index in [1.54, 1.807) is 0 Å². The van der Waals surface area contributed by atoms with Gasteiger partial charge < -0.3 is 4.74 Å². The maximum atomic E-state index is 5.84. The molecular formula is C15H20N2O. The summed E-state index contributed by atoms with van der Waals surface area (Å²) in [6.45, 7) is 5.82. The number of pyridine rings is 1. The Hall–Kier alpha value is -1.35. The molecule has 0 spiro atoms. The fourth-order valence-electron chi connectivity index (χ4n) is 2.55. The van der Waals surface area contributed by atoms with Crippen LogP contribution in [0.3, 0.4) is 0 Å². The minimum Gasteiger partial charge on any atom is -0.490 e. The summed E-state index contributed by atoms with van der Waals surface area (Å²) in [7, 11) is 2.14. The zero-order valence-electron chi connectivity index (χ0n) is 10.9. The van der Waals surface area contributed by atoms with Gasteiger partial charge in [-0.15, -0.1) is 6.58 Å². The third kappa shape index (κ3) is 2.27. The van der Waals surface area contributed by atoms with E-state index in [-0.39, 0.29) is 0 Å². The molecule has 1 aliphatic heterocycles. The fraction of sp³-hybridized carbons (Fsp3) is 0.533. The van der Waals surface area contributed by atoms with Crippen molar-refractivity contribution in [2.45, 2.75) is 24.8 Å². The van der Waals surface area contributed by atoms with Gasteiger partial charge in [-0.1, -0.05) is 6.08 Å². The molecule has 18 heavy (non-hydrogen) atoms. The smallest absolute Gasteiger partial charge is 0.137 e. The summed E-state index contributed by atoms with van der Waals surface area (Å²) in [5.74, 6) is 2.16. The summed E-state index contributed by atoms with van der Waals surface area (Å²) in [4.78, 5) is 6.61. The Morgan fingerprint density at radius 1 is 1.56 bits per heavy atom. The molecule has 0 amide bonds. The van der Waals surface area contributed by atoms with Crippen molar-refractivity contribution < 1.29 is 4.74 Å². The number of ether oxygens (including phenoxy) is 1. The molecule has 2 fully saturated rings. The van der Waals surface area contributed by atoms with Crippen LogP contribution < -0.4 is 4.74 Å². The van der Waals surface area contributed by atoms with Crippen molar-refractivity contribution >= 4 is 0 Å². The topological polar surface area (TPSA) is 25.4 Å². The zero-order chi connectivity index (χ0) is 12.5. The molecule has 3 nitrogen and oxygen atoms in total. The maximum absolute atomic E-state index is 5.84. The van der Waals surface area contributed by atoms with Gasteiger partial charge in [0, 0.05) is 12.2 Å². The average molecular weight is 244 g/mol. The number of rotatable bonds is 5. The molecule has 0 bridgehead atoms. The number of nitrogens with zero attached hydrogens (tertiary/aromatic N) is 2. The maximum Gasteiger partial charge on any atom is 0.137 e. The molecule has 0 radical (unpaired) electrons. The molecule has 2 heterocycles. The molecule has 96 valence electrons. The molecule has 0 N–H and O–H groups in total. The molecule has 1 saturated carbocycles. The molecule has 1 aliphatic carbocycles. The van der Waals surface area contributed by atoms with Gasteiger partial charge in [-0.05, 0) is 49.9 Å². The van der Waals surface area contributed by atoms with E-state index in [4.69, 9.17) is 4.74 Å². The first-order valence-electron chi connectivity index (χ1n) is 6.68. The fourth-order valence-corrected chi connectivity index (χ4v) is 2.55. The number of hydrogen-bond acceptors (Lipinski definition) is 3. The van der Waals surface area contributed by atoms with Gasteiger partial charge in [0.2, 0.25) is 0 Å². The monoisotopic (exact) mass is 244 g/mol. The number of likely N-dealkylation sites (N-methyl/N-ethyl adjacent to an activating group) is 1. The second-order valence-electron chi connectivity index (χ2n) is 5.43. The lowest BCUT2D eigenvalue weighted by atomic mass is 10.1. The van der Waals surface area contributed by atoms with Gasteiger partial charge in [0.25, 0.3) is 0 Å². The molecule has 3 atom stereocenters. The van der Waals surface area contributed by atoms with Crippen molar-refractivity contribution in [1.29, 1.82) is 0 Å². The predicted molar refractivity (Wildman–Crippen MR) is 71.8 cm³/mol. The summed E-state index contributed by atoms with van der Waals surface area (Å²) in [6.07, 6.45) is 8.26. The lowest BCUT2D eigenvalue weighted by Crippen LogP contribution is -2.48. The number of hydrogen-bond donors (Lipinski definition) is 0. The van der Waals surface area contributed by atoms with Gasteiger partial charge in [0.05, 0.1) is 6.20 Å². The van der Waals surface area contributed by atoms with Gasteiger partial charge in [-0.25, -0.2) is 0 Å². The van der Waals surface area contributed by atoms with E-state index in [9.17, 15) is 0 Å². The van der Waals surface area contributed by atoms with E-state index in [0.717, 1.165) is 12.4 Å². The standard InChI is InChI=1S/C15H20N2O/c1-3-11-7-15(11)12-6-14(9-16-8-12)18-10-13-4-5-17(13)2/h3,6,8-9,11,13,15H,1,4-5,7,10H2,2H3. The predicted octanol–water partition coefficient (Wildman–Crippen LogP) is 2.45. The summed E-state index contributed by atoms with van der Waals surface area (Å²) in [5, 5.41) is 0.